The van der Waals surface area contributed by atoms with E-state index in [0.29, 0.717) is 25.5 Å². The van der Waals surface area contributed by atoms with E-state index < -0.39 is 0 Å². The van der Waals surface area contributed by atoms with E-state index in [4.69, 9.17) is 14.2 Å². The third-order valence-electron chi connectivity index (χ3n) is 4.81. The fourth-order valence-electron chi connectivity index (χ4n) is 3.48. The highest BCUT2D eigenvalue weighted by molar-refractivity contribution is 5.77. The van der Waals surface area contributed by atoms with E-state index >= 15 is 0 Å². The average Bonchev–Trinajstić information content (AvgIpc) is 2.72. The van der Waals surface area contributed by atoms with Crippen LogP contribution in [0.4, 0.5) is 0 Å². The van der Waals surface area contributed by atoms with Crippen LogP contribution in [0.25, 0.3) is 0 Å². The van der Waals surface area contributed by atoms with Gasteiger partial charge in [-0.2, -0.15) is 0 Å². The third-order valence-corrected chi connectivity index (χ3v) is 4.81. The highest BCUT2D eigenvalue weighted by atomic mass is 16.5. The van der Waals surface area contributed by atoms with Gasteiger partial charge in [-0.25, -0.2) is 0 Å². The lowest BCUT2D eigenvalue weighted by Gasteiger charge is -2.19. The number of fused-ring (bicyclic) bond motifs is 1. The molecule has 0 unspecified atom stereocenters. The van der Waals surface area contributed by atoms with Crippen molar-refractivity contribution in [1.29, 1.82) is 0 Å². The smallest absolute Gasteiger partial charge is 0.258 e. The number of nitrogens with one attached hydrogen (secondary N) is 1. The Kier molecular flexibility index (Phi) is 7.18. The maximum Gasteiger partial charge on any atom is 0.258 e. The highest BCUT2D eigenvalue weighted by Crippen LogP contribution is 2.30. The Bertz CT molecular complexity index is 803. The SMILES string of the molecule is CCOc1ccc(CNC(=O)COc2cccc3c2CCCC3)cc1OCC. The molecule has 5 heteroatoms. The average molecular weight is 383 g/mol. The molecule has 5 nitrogen and oxygen atoms in total. The first kappa shape index (κ1) is 20.1. The van der Waals surface area contributed by atoms with Gasteiger partial charge in [-0.3, -0.25) is 4.79 Å². The Hall–Kier alpha value is -2.69. The largest absolute Gasteiger partial charge is 0.490 e. The summed E-state index contributed by atoms with van der Waals surface area (Å²) in [5.74, 6) is 2.12. The van der Waals surface area contributed by atoms with E-state index in [9.17, 15) is 4.79 Å². The molecule has 0 aliphatic heterocycles. The quantitative estimate of drug-likeness (QED) is 0.710. The molecule has 0 atom stereocenters. The van der Waals surface area contributed by atoms with E-state index in [2.05, 4.69) is 11.4 Å². The fraction of sp³-hybridized carbons (Fsp3) is 0.435. The normalized spacial score (nSPS) is 12.8. The molecule has 0 fully saturated rings. The fourth-order valence-corrected chi connectivity index (χ4v) is 3.48. The van der Waals surface area contributed by atoms with Gasteiger partial charge in [0.15, 0.2) is 18.1 Å². The molecule has 1 aliphatic carbocycles. The van der Waals surface area contributed by atoms with Gasteiger partial charge in [0.25, 0.3) is 5.91 Å². The number of ether oxygens (including phenoxy) is 3. The lowest BCUT2D eigenvalue weighted by molar-refractivity contribution is -0.123. The number of hydrogen-bond donors (Lipinski definition) is 1. The number of amides is 1. The van der Waals surface area contributed by atoms with E-state index in [1.54, 1.807) is 0 Å². The lowest BCUT2D eigenvalue weighted by Crippen LogP contribution is -2.28. The van der Waals surface area contributed by atoms with Gasteiger partial charge in [0.05, 0.1) is 13.2 Å². The van der Waals surface area contributed by atoms with E-state index in [-0.39, 0.29) is 12.5 Å². The number of carbonyl (C=O) groups excluding carboxylic acids is 1. The summed E-state index contributed by atoms with van der Waals surface area (Å²) in [4.78, 5) is 12.2. The number of benzene rings is 2. The molecule has 2 aromatic carbocycles. The van der Waals surface area contributed by atoms with Crippen LogP contribution in [-0.2, 0) is 24.2 Å². The molecule has 1 amide bonds. The zero-order chi connectivity index (χ0) is 19.8. The first-order chi connectivity index (χ1) is 13.7. The van der Waals surface area contributed by atoms with Gasteiger partial charge in [0, 0.05) is 6.54 Å². The maximum absolute atomic E-state index is 12.2. The van der Waals surface area contributed by atoms with Gasteiger partial charge in [-0.1, -0.05) is 18.2 Å². The van der Waals surface area contributed by atoms with Gasteiger partial charge in [0.2, 0.25) is 0 Å². The van der Waals surface area contributed by atoms with Crippen LogP contribution in [0.2, 0.25) is 0 Å². The van der Waals surface area contributed by atoms with E-state index in [1.807, 2.05) is 44.2 Å². The minimum atomic E-state index is -0.139. The van der Waals surface area contributed by atoms with Crippen molar-refractivity contribution in [3.05, 3.63) is 53.1 Å². The molecule has 3 rings (SSSR count). The first-order valence-corrected chi connectivity index (χ1v) is 10.1. The standard InChI is InChI=1S/C23H29NO4/c1-3-26-21-13-12-17(14-22(21)27-4-2)15-24-23(25)16-28-20-11-7-9-18-8-5-6-10-19(18)20/h7,9,11-14H,3-6,8,10,15-16H2,1-2H3,(H,24,25). The molecule has 2 aromatic rings. The first-order valence-electron chi connectivity index (χ1n) is 10.1. The molecule has 0 saturated carbocycles. The molecule has 1 N–H and O–H groups in total. The van der Waals surface area contributed by atoms with Crippen LogP contribution in [0, 0.1) is 0 Å². The minimum Gasteiger partial charge on any atom is -0.490 e. The maximum atomic E-state index is 12.2. The Labute approximate surface area is 167 Å². The van der Waals surface area contributed by atoms with E-state index in [1.165, 1.54) is 24.0 Å². The molecule has 0 aromatic heterocycles. The molecule has 28 heavy (non-hydrogen) atoms. The number of aryl methyl sites for hydroxylation is 1. The monoisotopic (exact) mass is 383 g/mol. The van der Waals surface area contributed by atoms with Crippen molar-refractivity contribution in [3.63, 3.8) is 0 Å². The molecule has 0 heterocycles. The van der Waals surface area contributed by atoms with Gasteiger partial charge in [0.1, 0.15) is 5.75 Å². The van der Waals surface area contributed by atoms with Crippen LogP contribution in [0.5, 0.6) is 17.2 Å². The molecule has 150 valence electrons. The van der Waals surface area contributed by atoms with Crippen molar-refractivity contribution in [2.75, 3.05) is 19.8 Å². The molecule has 1 aliphatic rings. The van der Waals surface area contributed by atoms with Crippen LogP contribution in [0.15, 0.2) is 36.4 Å². The number of rotatable bonds is 9. The molecular weight excluding hydrogens is 354 g/mol. The van der Waals surface area contributed by atoms with Crippen molar-refractivity contribution in [2.45, 2.75) is 46.1 Å². The van der Waals surface area contributed by atoms with Crippen LogP contribution in [0.1, 0.15) is 43.4 Å². The lowest BCUT2D eigenvalue weighted by atomic mass is 9.91. The van der Waals surface area contributed by atoms with Crippen molar-refractivity contribution in [1.82, 2.24) is 5.32 Å². The summed E-state index contributed by atoms with van der Waals surface area (Å²) >= 11 is 0. The summed E-state index contributed by atoms with van der Waals surface area (Å²) in [6.45, 7) is 5.45. The van der Waals surface area contributed by atoms with Gasteiger partial charge < -0.3 is 19.5 Å². The van der Waals surface area contributed by atoms with Crippen LogP contribution >= 0.6 is 0 Å². The Morgan fingerprint density at radius 2 is 1.71 bits per heavy atom. The summed E-state index contributed by atoms with van der Waals surface area (Å²) in [5.41, 5.74) is 3.56. The van der Waals surface area contributed by atoms with Crippen LogP contribution < -0.4 is 19.5 Å². The summed E-state index contributed by atoms with van der Waals surface area (Å²) in [6.07, 6.45) is 4.53. The predicted octanol–water partition coefficient (Wildman–Crippen LogP) is 4.06. The van der Waals surface area contributed by atoms with Crippen molar-refractivity contribution >= 4 is 5.91 Å². The van der Waals surface area contributed by atoms with Gasteiger partial charge >= 0.3 is 0 Å². The number of carbonyl (C=O) groups is 1. The highest BCUT2D eigenvalue weighted by Gasteiger charge is 2.14. The van der Waals surface area contributed by atoms with Crippen molar-refractivity contribution < 1.29 is 19.0 Å². The summed E-state index contributed by atoms with van der Waals surface area (Å²) in [5, 5.41) is 2.91. The molecular formula is C23H29NO4. The summed E-state index contributed by atoms with van der Waals surface area (Å²) in [6, 6.07) is 11.8. The Morgan fingerprint density at radius 1 is 0.929 bits per heavy atom. The van der Waals surface area contributed by atoms with Gasteiger partial charge in [-0.15, -0.1) is 0 Å². The second kappa shape index (κ2) is 10.0. The van der Waals surface area contributed by atoms with Crippen molar-refractivity contribution in [3.8, 4) is 17.2 Å². The van der Waals surface area contributed by atoms with Crippen LogP contribution in [-0.4, -0.2) is 25.7 Å². The molecule has 0 saturated heterocycles. The molecule has 0 bridgehead atoms. The third kappa shape index (κ3) is 5.18. The topological polar surface area (TPSA) is 56.8 Å². The van der Waals surface area contributed by atoms with Crippen molar-refractivity contribution in [2.24, 2.45) is 0 Å². The zero-order valence-corrected chi connectivity index (χ0v) is 16.8. The summed E-state index contributed by atoms with van der Waals surface area (Å²) in [7, 11) is 0. The van der Waals surface area contributed by atoms with Gasteiger partial charge in [-0.05, 0) is 74.4 Å². The molecule has 0 spiro atoms. The Balaban J connectivity index is 1.54. The zero-order valence-electron chi connectivity index (χ0n) is 16.8. The number of hydrogen-bond acceptors (Lipinski definition) is 4. The predicted molar refractivity (Wildman–Crippen MR) is 109 cm³/mol. The minimum absolute atomic E-state index is 0.0196. The second-order valence-electron chi connectivity index (χ2n) is 6.81. The van der Waals surface area contributed by atoms with E-state index in [0.717, 1.165) is 29.9 Å². The Morgan fingerprint density at radius 3 is 2.54 bits per heavy atom. The molecule has 0 radical (unpaired) electrons. The second-order valence-corrected chi connectivity index (χ2v) is 6.81. The van der Waals surface area contributed by atoms with Crippen LogP contribution in [0.3, 0.4) is 0 Å². The summed E-state index contributed by atoms with van der Waals surface area (Å²) < 4.78 is 17.0.